The Morgan fingerprint density at radius 2 is 2.05 bits per heavy atom. The number of fused-ring (bicyclic) bond motifs is 1. The lowest BCUT2D eigenvalue weighted by molar-refractivity contribution is 0.418. The van der Waals surface area contributed by atoms with Crippen LogP contribution in [0, 0.1) is 16.7 Å². The first-order valence-electron chi connectivity index (χ1n) is 7.25. The Morgan fingerprint density at radius 1 is 1.30 bits per heavy atom. The van der Waals surface area contributed by atoms with E-state index in [1.54, 1.807) is 0 Å². The van der Waals surface area contributed by atoms with Crippen molar-refractivity contribution in [3.8, 4) is 6.07 Å². The van der Waals surface area contributed by atoms with Crippen LogP contribution in [0.3, 0.4) is 0 Å². The molecule has 0 saturated carbocycles. The van der Waals surface area contributed by atoms with Crippen LogP contribution in [0.15, 0.2) is 30.5 Å². The van der Waals surface area contributed by atoms with Crippen molar-refractivity contribution in [1.82, 2.24) is 4.57 Å². The molecule has 106 valence electrons. The van der Waals surface area contributed by atoms with Crippen molar-refractivity contribution < 1.29 is 0 Å². The quantitative estimate of drug-likeness (QED) is 0.873. The number of hydrogen-bond donors (Lipinski definition) is 1. The molecule has 2 N–H and O–H groups in total. The van der Waals surface area contributed by atoms with Crippen LogP contribution >= 0.6 is 0 Å². The zero-order chi connectivity index (χ0) is 14.6. The second kappa shape index (κ2) is 6.11. The molecule has 3 heteroatoms. The predicted octanol–water partition coefficient (Wildman–Crippen LogP) is 3.47. The molecule has 0 saturated heterocycles. The molecule has 1 heterocycles. The van der Waals surface area contributed by atoms with Crippen molar-refractivity contribution >= 4 is 10.9 Å². The van der Waals surface area contributed by atoms with Gasteiger partial charge in [0.25, 0.3) is 0 Å². The summed E-state index contributed by atoms with van der Waals surface area (Å²) in [7, 11) is 0. The Labute approximate surface area is 121 Å². The highest BCUT2D eigenvalue weighted by molar-refractivity contribution is 5.84. The van der Waals surface area contributed by atoms with E-state index < -0.39 is 0 Å². The van der Waals surface area contributed by atoms with E-state index >= 15 is 0 Å². The van der Waals surface area contributed by atoms with Gasteiger partial charge in [0.05, 0.1) is 11.5 Å². The molecule has 0 fully saturated rings. The number of nitriles is 1. The lowest BCUT2D eigenvalue weighted by Gasteiger charge is -2.15. The molecule has 1 aromatic carbocycles. The minimum Gasteiger partial charge on any atom is -0.347 e. The first kappa shape index (κ1) is 14.6. The predicted molar refractivity (Wildman–Crippen MR) is 83.3 cm³/mol. The van der Waals surface area contributed by atoms with E-state index in [9.17, 15) is 0 Å². The fourth-order valence-electron chi connectivity index (χ4n) is 2.61. The lowest BCUT2D eigenvalue weighted by atomic mass is 9.90. The Balaban J connectivity index is 2.16. The van der Waals surface area contributed by atoms with Crippen molar-refractivity contribution in [3.63, 3.8) is 0 Å². The minimum atomic E-state index is -0.233. The average molecular weight is 269 g/mol. The second-order valence-corrected chi connectivity index (χ2v) is 6.00. The van der Waals surface area contributed by atoms with Crippen molar-refractivity contribution in [2.24, 2.45) is 11.1 Å². The van der Waals surface area contributed by atoms with E-state index in [-0.39, 0.29) is 5.41 Å². The van der Waals surface area contributed by atoms with Gasteiger partial charge in [0.2, 0.25) is 0 Å². The summed E-state index contributed by atoms with van der Waals surface area (Å²) in [4.78, 5) is 0. The molecule has 1 aromatic heterocycles. The molecule has 2 aromatic rings. The number of para-hydroxylation sites is 1. The fourth-order valence-corrected chi connectivity index (χ4v) is 2.61. The van der Waals surface area contributed by atoms with Crippen molar-refractivity contribution in [3.05, 3.63) is 36.0 Å². The smallest absolute Gasteiger partial charge is 0.0683 e. The molecule has 0 bridgehead atoms. The van der Waals surface area contributed by atoms with Crippen LogP contribution < -0.4 is 5.73 Å². The highest BCUT2D eigenvalue weighted by atomic mass is 15.0. The van der Waals surface area contributed by atoms with Gasteiger partial charge in [-0.25, -0.2) is 0 Å². The number of aromatic nitrogens is 1. The van der Waals surface area contributed by atoms with Crippen LogP contribution in [0.4, 0.5) is 0 Å². The minimum absolute atomic E-state index is 0.233. The van der Waals surface area contributed by atoms with Gasteiger partial charge in [0.1, 0.15) is 0 Å². The summed E-state index contributed by atoms with van der Waals surface area (Å²) < 4.78 is 2.30. The lowest BCUT2D eigenvalue weighted by Crippen LogP contribution is -2.09. The second-order valence-electron chi connectivity index (χ2n) is 6.00. The third kappa shape index (κ3) is 3.20. The molecule has 2 rings (SSSR count). The molecule has 0 aliphatic carbocycles. The maximum absolute atomic E-state index is 9.07. The van der Waals surface area contributed by atoms with Gasteiger partial charge in [-0.2, -0.15) is 5.26 Å². The number of hydrogen-bond acceptors (Lipinski definition) is 2. The van der Waals surface area contributed by atoms with Crippen LogP contribution in [0.25, 0.3) is 10.9 Å². The van der Waals surface area contributed by atoms with Gasteiger partial charge in [-0.3, -0.25) is 0 Å². The van der Waals surface area contributed by atoms with Gasteiger partial charge in [0.15, 0.2) is 0 Å². The summed E-state index contributed by atoms with van der Waals surface area (Å²) in [6.45, 7) is 5.63. The van der Waals surface area contributed by atoms with Crippen LogP contribution in [-0.4, -0.2) is 11.1 Å². The van der Waals surface area contributed by atoms with E-state index in [1.165, 1.54) is 16.5 Å². The molecule has 0 amide bonds. The number of benzene rings is 1. The summed E-state index contributed by atoms with van der Waals surface area (Å²) in [5.41, 5.74) is 8.05. The molecule has 20 heavy (non-hydrogen) atoms. The van der Waals surface area contributed by atoms with Crippen LogP contribution in [0.2, 0.25) is 0 Å². The normalized spacial score (nSPS) is 11.7. The number of aryl methyl sites for hydroxylation is 1. The molecule has 3 nitrogen and oxygen atoms in total. The SMILES string of the molecule is CC(C)(C#N)CCCn1cc(CCN)c2ccccc21. The average Bonchev–Trinajstić information content (AvgIpc) is 2.78. The van der Waals surface area contributed by atoms with E-state index in [1.807, 2.05) is 13.8 Å². The molecule has 0 radical (unpaired) electrons. The highest BCUT2D eigenvalue weighted by Gasteiger charge is 2.16. The standard InChI is InChI=1S/C17H23N3/c1-17(2,13-19)9-5-11-20-12-14(8-10-18)15-6-3-4-7-16(15)20/h3-4,6-7,12H,5,8-11,18H2,1-2H3. The number of nitrogens with zero attached hydrogens (tertiary/aromatic N) is 2. The summed E-state index contributed by atoms with van der Waals surface area (Å²) >= 11 is 0. The van der Waals surface area contributed by atoms with E-state index in [2.05, 4.69) is 41.1 Å². The molecule has 0 unspecified atom stereocenters. The van der Waals surface area contributed by atoms with Gasteiger partial charge >= 0.3 is 0 Å². The molecule has 0 atom stereocenters. The van der Waals surface area contributed by atoms with Crippen LogP contribution in [0.5, 0.6) is 0 Å². The first-order chi connectivity index (χ1) is 9.57. The van der Waals surface area contributed by atoms with Crippen LogP contribution in [-0.2, 0) is 13.0 Å². The van der Waals surface area contributed by atoms with Gasteiger partial charge < -0.3 is 10.3 Å². The van der Waals surface area contributed by atoms with E-state index in [0.29, 0.717) is 6.54 Å². The third-order valence-electron chi connectivity index (χ3n) is 3.79. The van der Waals surface area contributed by atoms with E-state index in [4.69, 9.17) is 11.0 Å². The monoisotopic (exact) mass is 269 g/mol. The van der Waals surface area contributed by atoms with Crippen molar-refractivity contribution in [2.45, 2.75) is 39.7 Å². The summed E-state index contributed by atoms with van der Waals surface area (Å²) in [6, 6.07) is 10.8. The fraction of sp³-hybridized carbons (Fsp3) is 0.471. The summed E-state index contributed by atoms with van der Waals surface area (Å²) in [5.74, 6) is 0. The zero-order valence-electron chi connectivity index (χ0n) is 12.4. The summed E-state index contributed by atoms with van der Waals surface area (Å²) in [5, 5.41) is 10.4. The van der Waals surface area contributed by atoms with Gasteiger partial charge in [-0.15, -0.1) is 0 Å². The highest BCUT2D eigenvalue weighted by Crippen LogP contribution is 2.25. The zero-order valence-corrected chi connectivity index (χ0v) is 12.4. The third-order valence-corrected chi connectivity index (χ3v) is 3.79. The summed E-state index contributed by atoms with van der Waals surface area (Å²) in [6.07, 6.45) is 5.07. The Morgan fingerprint density at radius 3 is 2.75 bits per heavy atom. The molecular weight excluding hydrogens is 246 g/mol. The van der Waals surface area contributed by atoms with E-state index in [0.717, 1.165) is 25.8 Å². The van der Waals surface area contributed by atoms with Crippen molar-refractivity contribution in [2.75, 3.05) is 6.54 Å². The molecule has 0 aliphatic heterocycles. The Kier molecular flexibility index (Phi) is 4.46. The largest absolute Gasteiger partial charge is 0.347 e. The Hall–Kier alpha value is -1.79. The van der Waals surface area contributed by atoms with Gasteiger partial charge in [-0.1, -0.05) is 18.2 Å². The van der Waals surface area contributed by atoms with Gasteiger partial charge in [-0.05, 0) is 51.3 Å². The molecule has 0 aliphatic rings. The van der Waals surface area contributed by atoms with Gasteiger partial charge in [0, 0.05) is 23.6 Å². The van der Waals surface area contributed by atoms with Crippen LogP contribution in [0.1, 0.15) is 32.3 Å². The maximum atomic E-state index is 9.07. The number of rotatable bonds is 6. The number of nitrogens with two attached hydrogens (primary N) is 1. The molecular formula is C17H23N3. The topological polar surface area (TPSA) is 54.7 Å². The maximum Gasteiger partial charge on any atom is 0.0683 e. The Bertz CT molecular complexity index is 617. The van der Waals surface area contributed by atoms with Crippen molar-refractivity contribution in [1.29, 1.82) is 5.26 Å². The first-order valence-corrected chi connectivity index (χ1v) is 7.25. The molecule has 0 spiro atoms.